The maximum Gasteiger partial charge on any atom is 0.269 e. The van der Waals surface area contributed by atoms with Crippen LogP contribution in [0.2, 0.25) is 0 Å². The number of nitro groups is 1. The maximum absolute atomic E-state index is 10.6. The zero-order chi connectivity index (χ0) is 10.2. The first-order valence-electron chi connectivity index (χ1n) is 4.51. The second-order valence-electron chi connectivity index (χ2n) is 3.64. The Balaban J connectivity index is 2.35. The van der Waals surface area contributed by atoms with Crippen molar-refractivity contribution in [2.75, 3.05) is 6.61 Å². The van der Waals surface area contributed by atoms with Crippen molar-refractivity contribution >= 4 is 5.69 Å². The van der Waals surface area contributed by atoms with E-state index in [9.17, 15) is 10.1 Å². The first-order chi connectivity index (χ1) is 6.62. The Labute approximate surface area is 81.7 Å². The third-order valence-corrected chi connectivity index (χ3v) is 2.67. The predicted octanol–water partition coefficient (Wildman–Crippen LogP) is 2.23. The molecule has 1 aliphatic rings. The Bertz CT molecular complexity index is 371. The van der Waals surface area contributed by atoms with Crippen LogP contribution in [0.5, 0.6) is 0 Å². The number of hydrogen-bond acceptors (Lipinski definition) is 3. The van der Waals surface area contributed by atoms with Gasteiger partial charge in [0.2, 0.25) is 0 Å². The van der Waals surface area contributed by atoms with Crippen LogP contribution in [-0.4, -0.2) is 11.5 Å². The van der Waals surface area contributed by atoms with Crippen LogP contribution >= 0.6 is 0 Å². The van der Waals surface area contributed by atoms with Gasteiger partial charge in [0.25, 0.3) is 5.69 Å². The van der Waals surface area contributed by atoms with Gasteiger partial charge in [-0.25, -0.2) is 0 Å². The molecule has 0 bridgehead atoms. The minimum absolute atomic E-state index is 0.124. The van der Waals surface area contributed by atoms with Crippen molar-refractivity contribution in [1.82, 2.24) is 0 Å². The quantitative estimate of drug-likeness (QED) is 0.534. The second kappa shape index (κ2) is 3.06. The standard InChI is InChI=1S/C10H11NO3/c1-10(5-6-14-10)8-3-2-4-9(7-8)11(12)13/h2-4,7H,5-6H2,1H3. The summed E-state index contributed by atoms with van der Waals surface area (Å²) in [7, 11) is 0. The number of rotatable bonds is 2. The fraction of sp³-hybridized carbons (Fsp3) is 0.400. The molecule has 1 fully saturated rings. The van der Waals surface area contributed by atoms with Gasteiger partial charge in [-0.2, -0.15) is 0 Å². The number of nitro benzene ring substituents is 1. The third-order valence-electron chi connectivity index (χ3n) is 2.67. The van der Waals surface area contributed by atoms with Crippen molar-refractivity contribution in [2.45, 2.75) is 18.9 Å². The highest BCUT2D eigenvalue weighted by Gasteiger charge is 2.35. The highest BCUT2D eigenvalue weighted by atomic mass is 16.6. The van der Waals surface area contributed by atoms with Crippen LogP contribution in [0.1, 0.15) is 18.9 Å². The second-order valence-corrected chi connectivity index (χ2v) is 3.64. The summed E-state index contributed by atoms with van der Waals surface area (Å²) in [6, 6.07) is 6.64. The molecule has 1 heterocycles. The molecule has 1 aromatic carbocycles. The van der Waals surface area contributed by atoms with Crippen LogP contribution in [-0.2, 0) is 10.3 Å². The first-order valence-corrected chi connectivity index (χ1v) is 4.51. The van der Waals surface area contributed by atoms with E-state index in [1.807, 2.05) is 13.0 Å². The molecule has 74 valence electrons. The van der Waals surface area contributed by atoms with Crippen LogP contribution in [0, 0.1) is 10.1 Å². The average molecular weight is 193 g/mol. The van der Waals surface area contributed by atoms with Crippen molar-refractivity contribution in [2.24, 2.45) is 0 Å². The van der Waals surface area contributed by atoms with Crippen LogP contribution in [0.25, 0.3) is 0 Å². The molecule has 0 spiro atoms. The maximum atomic E-state index is 10.6. The summed E-state index contributed by atoms with van der Waals surface area (Å²) in [5.74, 6) is 0. The van der Waals surface area contributed by atoms with Gasteiger partial charge in [0, 0.05) is 18.6 Å². The predicted molar refractivity (Wildman–Crippen MR) is 51.0 cm³/mol. The Morgan fingerprint density at radius 1 is 1.57 bits per heavy atom. The van der Waals surface area contributed by atoms with Crippen LogP contribution in [0.3, 0.4) is 0 Å². The summed E-state index contributed by atoms with van der Waals surface area (Å²) in [6.07, 6.45) is 0.925. The highest BCUT2D eigenvalue weighted by Crippen LogP contribution is 2.37. The molecule has 4 nitrogen and oxygen atoms in total. The molecule has 0 aromatic heterocycles. The lowest BCUT2D eigenvalue weighted by atomic mass is 9.88. The molecule has 0 radical (unpaired) electrons. The molecule has 1 aromatic rings. The minimum atomic E-state index is -0.383. The Morgan fingerprint density at radius 2 is 2.29 bits per heavy atom. The van der Waals surface area contributed by atoms with Gasteiger partial charge in [0.15, 0.2) is 0 Å². The fourth-order valence-corrected chi connectivity index (χ4v) is 1.58. The molecule has 4 heteroatoms. The van der Waals surface area contributed by atoms with Crippen LogP contribution < -0.4 is 0 Å². The lowest BCUT2D eigenvalue weighted by Crippen LogP contribution is -2.37. The molecule has 0 aliphatic carbocycles. The average Bonchev–Trinajstić information content (AvgIpc) is 2.14. The molecule has 1 saturated heterocycles. The molecular formula is C10H11NO3. The van der Waals surface area contributed by atoms with Gasteiger partial charge in [-0.1, -0.05) is 12.1 Å². The number of ether oxygens (including phenoxy) is 1. The zero-order valence-corrected chi connectivity index (χ0v) is 7.90. The molecule has 1 atom stereocenters. The molecule has 2 rings (SSSR count). The largest absolute Gasteiger partial charge is 0.370 e. The van der Waals surface area contributed by atoms with Crippen molar-refractivity contribution in [1.29, 1.82) is 0 Å². The van der Waals surface area contributed by atoms with Crippen LogP contribution in [0.4, 0.5) is 5.69 Å². The van der Waals surface area contributed by atoms with Gasteiger partial charge in [-0.15, -0.1) is 0 Å². The number of non-ortho nitro benzene ring substituents is 1. The Hall–Kier alpha value is -1.42. The minimum Gasteiger partial charge on any atom is -0.370 e. The van der Waals surface area contributed by atoms with Crippen molar-refractivity contribution < 1.29 is 9.66 Å². The zero-order valence-electron chi connectivity index (χ0n) is 7.90. The summed E-state index contributed by atoms with van der Waals surface area (Å²) >= 11 is 0. The lowest BCUT2D eigenvalue weighted by Gasteiger charge is -2.38. The summed E-state index contributed by atoms with van der Waals surface area (Å²) in [5, 5.41) is 10.6. The SMILES string of the molecule is CC1(c2cccc([N+](=O)[O-])c2)CCO1. The highest BCUT2D eigenvalue weighted by molar-refractivity contribution is 5.37. The van der Waals surface area contributed by atoms with E-state index >= 15 is 0 Å². The smallest absolute Gasteiger partial charge is 0.269 e. The fourth-order valence-electron chi connectivity index (χ4n) is 1.58. The Kier molecular flexibility index (Phi) is 2.00. The molecule has 1 unspecified atom stereocenters. The summed E-state index contributed by atoms with van der Waals surface area (Å²) in [5.41, 5.74) is 0.698. The third kappa shape index (κ3) is 1.37. The van der Waals surface area contributed by atoms with Gasteiger partial charge < -0.3 is 4.74 Å². The van der Waals surface area contributed by atoms with Crippen molar-refractivity contribution in [3.63, 3.8) is 0 Å². The summed E-state index contributed by atoms with van der Waals surface area (Å²) in [6.45, 7) is 2.69. The molecule has 0 saturated carbocycles. The van der Waals surface area contributed by atoms with E-state index in [4.69, 9.17) is 4.74 Å². The normalized spacial score (nSPS) is 25.5. The van der Waals surface area contributed by atoms with Crippen molar-refractivity contribution in [3.8, 4) is 0 Å². The van der Waals surface area contributed by atoms with E-state index in [0.717, 1.165) is 18.6 Å². The van der Waals surface area contributed by atoms with Gasteiger partial charge in [0.1, 0.15) is 0 Å². The number of nitrogens with zero attached hydrogens (tertiary/aromatic N) is 1. The van der Waals surface area contributed by atoms with Gasteiger partial charge in [-0.05, 0) is 12.5 Å². The molecule has 0 N–H and O–H groups in total. The van der Waals surface area contributed by atoms with Gasteiger partial charge >= 0.3 is 0 Å². The summed E-state index contributed by atoms with van der Waals surface area (Å²) < 4.78 is 5.42. The molecule has 1 aliphatic heterocycles. The first kappa shape index (κ1) is 9.15. The topological polar surface area (TPSA) is 52.4 Å². The van der Waals surface area contributed by atoms with Crippen LogP contribution in [0.15, 0.2) is 24.3 Å². The van der Waals surface area contributed by atoms with E-state index in [-0.39, 0.29) is 16.2 Å². The van der Waals surface area contributed by atoms with E-state index < -0.39 is 0 Å². The van der Waals surface area contributed by atoms with E-state index in [1.165, 1.54) is 6.07 Å². The number of benzene rings is 1. The lowest BCUT2D eigenvalue weighted by molar-refractivity contribution is -0.385. The summed E-state index contributed by atoms with van der Waals surface area (Å²) in [4.78, 5) is 10.2. The van der Waals surface area contributed by atoms with Gasteiger partial charge in [-0.3, -0.25) is 10.1 Å². The van der Waals surface area contributed by atoms with Crippen molar-refractivity contribution in [3.05, 3.63) is 39.9 Å². The molecular weight excluding hydrogens is 182 g/mol. The Morgan fingerprint density at radius 3 is 2.79 bits per heavy atom. The van der Waals surface area contributed by atoms with Gasteiger partial charge in [0.05, 0.1) is 17.1 Å². The molecule has 14 heavy (non-hydrogen) atoms. The van der Waals surface area contributed by atoms with E-state index in [0.29, 0.717) is 0 Å². The number of hydrogen-bond donors (Lipinski definition) is 0. The van der Waals surface area contributed by atoms with E-state index in [2.05, 4.69) is 0 Å². The monoisotopic (exact) mass is 193 g/mol. The molecule has 0 amide bonds. The van der Waals surface area contributed by atoms with E-state index in [1.54, 1.807) is 12.1 Å².